The van der Waals surface area contributed by atoms with Gasteiger partial charge in [-0.3, -0.25) is 5.14 Å². The second kappa shape index (κ2) is 3.81. The summed E-state index contributed by atoms with van der Waals surface area (Å²) in [5.74, 6) is -0.718. The van der Waals surface area contributed by atoms with Crippen molar-refractivity contribution < 1.29 is 13.5 Å². The van der Waals surface area contributed by atoms with E-state index in [0.29, 0.717) is 0 Å². The number of aliphatic hydroxyl groups is 1. The van der Waals surface area contributed by atoms with E-state index in [0.717, 1.165) is 0 Å². The predicted octanol–water partition coefficient (Wildman–Crippen LogP) is -0.919. The minimum atomic E-state index is -4.03. The Morgan fingerprint density at radius 2 is 1.92 bits per heavy atom. The van der Waals surface area contributed by atoms with Gasteiger partial charge in [0.2, 0.25) is 10.0 Å². The van der Waals surface area contributed by atoms with E-state index < -0.39 is 20.0 Å². The number of aliphatic hydroxyl groups excluding tert-OH is 1. The summed E-state index contributed by atoms with van der Waals surface area (Å²) in [5, 5.41) is 18.6. The van der Waals surface area contributed by atoms with Crippen LogP contribution in [0.15, 0.2) is 22.3 Å². The van der Waals surface area contributed by atoms with Crippen molar-refractivity contribution in [3.8, 4) is 0 Å². The van der Waals surface area contributed by atoms with Gasteiger partial charge in [0, 0.05) is 0 Å². The maximum atomic E-state index is 10.7. The van der Waals surface area contributed by atoms with Gasteiger partial charge < -0.3 is 10.8 Å². The minimum Gasteiger partial charge on any atom is -0.504 e. The lowest BCUT2D eigenvalue weighted by Crippen LogP contribution is -2.17. The zero-order valence-electron chi connectivity index (χ0n) is 6.02. The molecule has 0 amide bonds. The van der Waals surface area contributed by atoms with E-state index in [4.69, 9.17) is 16.0 Å². The highest BCUT2D eigenvalue weighted by atomic mass is 32.3. The second-order valence-corrected chi connectivity index (χ2v) is 4.22. The van der Waals surface area contributed by atoms with E-state index >= 15 is 0 Å². The molecule has 0 atom stereocenters. The fourth-order valence-corrected chi connectivity index (χ4v) is 1.57. The fraction of sp³-hybridized carbons (Fsp3) is 0. The minimum absolute atomic E-state index is 0.289. The van der Waals surface area contributed by atoms with Crippen LogP contribution in [0.25, 0.3) is 0 Å². The van der Waals surface area contributed by atoms with Crippen LogP contribution >= 0.6 is 11.9 Å². The van der Waals surface area contributed by atoms with Crippen LogP contribution in [-0.4, -0.2) is 13.5 Å². The summed E-state index contributed by atoms with van der Waals surface area (Å²) in [4.78, 5) is 0. The Morgan fingerprint density at radius 3 is 2.00 bits per heavy atom. The largest absolute Gasteiger partial charge is 0.504 e. The van der Waals surface area contributed by atoms with Crippen LogP contribution in [0.1, 0.15) is 0 Å². The monoisotopic (exact) mass is 211 g/mol. The lowest BCUT2D eigenvalue weighted by molar-refractivity contribution is 0.422. The third kappa shape index (κ3) is 2.74. The van der Waals surface area contributed by atoms with Crippen molar-refractivity contribution in [2.75, 3.05) is 0 Å². The summed E-state index contributed by atoms with van der Waals surface area (Å²) in [6.07, 6.45) is 0. The van der Waals surface area contributed by atoms with Crippen LogP contribution in [0.4, 0.5) is 0 Å². The van der Waals surface area contributed by atoms with Crippen LogP contribution in [0.5, 0.6) is 0 Å². The molecule has 7 N–H and O–H groups in total. The number of sulfonamides is 1. The quantitative estimate of drug-likeness (QED) is 0.271. The molecule has 0 aliphatic heterocycles. The van der Waals surface area contributed by atoms with Crippen molar-refractivity contribution in [1.82, 2.24) is 0 Å². The smallest absolute Gasteiger partial charge is 0.249 e. The Labute approximate surface area is 74.3 Å². The first-order valence-electron chi connectivity index (χ1n) is 2.58. The number of primary sulfonamides is 1. The number of hydrogen-bond donors (Lipinski definition) is 4. The van der Waals surface area contributed by atoms with Crippen molar-refractivity contribution in [2.45, 2.75) is 0 Å². The SMILES string of the molecule is C=C(N)/C(O)=C(\SN)S(N)(=O)=O. The molecule has 6 nitrogen and oxygen atoms in total. The first-order chi connectivity index (χ1) is 5.30. The highest BCUT2D eigenvalue weighted by Gasteiger charge is 2.18. The van der Waals surface area contributed by atoms with Gasteiger partial charge in [-0.25, -0.2) is 13.6 Å². The zero-order valence-corrected chi connectivity index (χ0v) is 7.65. The van der Waals surface area contributed by atoms with Gasteiger partial charge in [-0.15, -0.1) is 0 Å². The predicted molar refractivity (Wildman–Crippen MR) is 47.9 cm³/mol. The Hall–Kier alpha value is -0.700. The van der Waals surface area contributed by atoms with Crippen LogP contribution in [-0.2, 0) is 10.0 Å². The summed E-state index contributed by atoms with van der Waals surface area (Å²) >= 11 is 0.289. The Kier molecular flexibility index (Phi) is 3.58. The summed E-state index contributed by atoms with van der Waals surface area (Å²) in [5.41, 5.74) is 4.71. The van der Waals surface area contributed by atoms with Gasteiger partial charge in [-0.05, 0) is 11.9 Å². The van der Waals surface area contributed by atoms with Gasteiger partial charge in [-0.1, -0.05) is 6.58 Å². The van der Waals surface area contributed by atoms with E-state index in [1.54, 1.807) is 0 Å². The highest BCUT2D eigenvalue weighted by molar-refractivity contribution is 8.16. The maximum absolute atomic E-state index is 10.7. The average molecular weight is 211 g/mol. The Bertz CT molecular complexity index is 318. The summed E-state index contributed by atoms with van der Waals surface area (Å²) in [6, 6.07) is 0. The van der Waals surface area contributed by atoms with E-state index in [1.165, 1.54) is 0 Å². The van der Waals surface area contributed by atoms with Crippen LogP contribution < -0.4 is 16.0 Å². The third-order valence-electron chi connectivity index (χ3n) is 0.863. The zero-order chi connectivity index (χ0) is 9.94. The number of nitrogens with two attached hydrogens (primary N) is 3. The molecule has 0 radical (unpaired) electrons. The second-order valence-electron chi connectivity index (χ2n) is 1.82. The summed E-state index contributed by atoms with van der Waals surface area (Å²) in [7, 11) is -4.03. The van der Waals surface area contributed by atoms with Gasteiger partial charge in [0.05, 0.1) is 5.70 Å². The highest BCUT2D eigenvalue weighted by Crippen LogP contribution is 2.19. The van der Waals surface area contributed by atoms with E-state index in [2.05, 4.69) is 11.7 Å². The molecular weight excluding hydrogens is 202 g/mol. The van der Waals surface area contributed by atoms with Crippen LogP contribution in [0.3, 0.4) is 0 Å². The maximum Gasteiger partial charge on any atom is 0.249 e. The standard InChI is InChI=1S/C4H9N3O3S2/c1-2(5)3(8)4(11-6)12(7,9)10/h8H,1,5-6H2,(H2,7,9,10)/b4-3-. The van der Waals surface area contributed by atoms with Crippen molar-refractivity contribution in [1.29, 1.82) is 0 Å². The molecule has 0 aliphatic carbocycles. The first kappa shape index (κ1) is 11.3. The summed E-state index contributed by atoms with van der Waals surface area (Å²) < 4.78 is 20.7. The molecule has 0 bridgehead atoms. The van der Waals surface area contributed by atoms with E-state index in [-0.39, 0.29) is 17.6 Å². The Morgan fingerprint density at radius 1 is 1.50 bits per heavy atom. The molecule has 0 aromatic carbocycles. The molecule has 0 aromatic rings. The molecule has 70 valence electrons. The molecule has 0 fully saturated rings. The lowest BCUT2D eigenvalue weighted by Gasteiger charge is -2.04. The molecule has 0 spiro atoms. The van der Waals surface area contributed by atoms with Crippen LogP contribution in [0.2, 0.25) is 0 Å². The van der Waals surface area contributed by atoms with Gasteiger partial charge in [0.25, 0.3) is 0 Å². The topological polar surface area (TPSA) is 132 Å². The molecular formula is C4H9N3O3S2. The molecule has 0 aliphatic rings. The van der Waals surface area contributed by atoms with Crippen molar-refractivity contribution in [3.63, 3.8) is 0 Å². The molecule has 0 saturated heterocycles. The van der Waals surface area contributed by atoms with E-state index in [9.17, 15) is 8.42 Å². The first-order valence-corrected chi connectivity index (χ1v) is 5.00. The van der Waals surface area contributed by atoms with Crippen molar-refractivity contribution >= 4 is 22.0 Å². The molecule has 0 saturated carbocycles. The molecule has 12 heavy (non-hydrogen) atoms. The normalized spacial score (nSPS) is 13.8. The summed E-state index contributed by atoms with van der Waals surface area (Å²) in [6.45, 7) is 3.12. The molecule has 0 rings (SSSR count). The lowest BCUT2D eigenvalue weighted by atomic mass is 10.5. The van der Waals surface area contributed by atoms with Crippen molar-refractivity contribution in [3.05, 3.63) is 22.3 Å². The van der Waals surface area contributed by atoms with E-state index in [1.807, 2.05) is 0 Å². The van der Waals surface area contributed by atoms with Crippen molar-refractivity contribution in [2.24, 2.45) is 16.0 Å². The Balaban J connectivity index is 5.31. The molecule has 8 heteroatoms. The van der Waals surface area contributed by atoms with Crippen LogP contribution in [0, 0.1) is 0 Å². The third-order valence-corrected chi connectivity index (χ3v) is 2.97. The van der Waals surface area contributed by atoms with Gasteiger partial charge in [0.15, 0.2) is 10.00 Å². The average Bonchev–Trinajstić information content (AvgIpc) is 1.85. The fourth-order valence-electron chi connectivity index (χ4n) is 0.389. The molecule has 0 unspecified atom stereocenters. The number of hydrogen-bond acceptors (Lipinski definition) is 6. The van der Waals surface area contributed by atoms with Gasteiger partial charge in [0.1, 0.15) is 0 Å². The van der Waals surface area contributed by atoms with Gasteiger partial charge in [-0.2, -0.15) is 0 Å². The number of rotatable bonds is 3. The molecule has 0 aromatic heterocycles. The van der Waals surface area contributed by atoms with Gasteiger partial charge >= 0.3 is 0 Å². The molecule has 0 heterocycles.